The van der Waals surface area contributed by atoms with E-state index >= 15 is 0 Å². The fraction of sp³-hybridized carbons (Fsp3) is 0.533. The molecule has 19 heavy (non-hydrogen) atoms. The molecule has 1 aliphatic heterocycles. The minimum absolute atomic E-state index is 0.0419. The lowest BCUT2D eigenvalue weighted by Crippen LogP contribution is -2.32. The lowest BCUT2D eigenvalue weighted by Gasteiger charge is -2.26. The minimum Gasteiger partial charge on any atom is -0.486 e. The minimum atomic E-state index is -0.0419. The highest BCUT2D eigenvalue weighted by Crippen LogP contribution is 2.31. The van der Waals surface area contributed by atoms with Gasteiger partial charge in [-0.3, -0.25) is 4.79 Å². The van der Waals surface area contributed by atoms with Crippen molar-refractivity contribution >= 4 is 5.91 Å². The van der Waals surface area contributed by atoms with Crippen LogP contribution >= 0.6 is 0 Å². The van der Waals surface area contributed by atoms with Crippen LogP contribution in [0.2, 0.25) is 0 Å². The van der Waals surface area contributed by atoms with Gasteiger partial charge in [-0.15, -0.1) is 0 Å². The number of benzene rings is 1. The van der Waals surface area contributed by atoms with E-state index in [-0.39, 0.29) is 12.0 Å². The van der Waals surface area contributed by atoms with Crippen molar-refractivity contribution < 1.29 is 14.3 Å². The standard InChI is InChI=1S/C15H21NO3/c1-11(2)9-16-15(17)8-7-12-10-18-13-5-3-4-6-14(13)19-12/h3-6,11-12H,7-10H2,1-2H3,(H,16,17). The van der Waals surface area contributed by atoms with E-state index in [0.29, 0.717) is 25.4 Å². The summed E-state index contributed by atoms with van der Waals surface area (Å²) >= 11 is 0. The molecule has 104 valence electrons. The normalized spacial score (nSPS) is 17.3. The molecular weight excluding hydrogens is 242 g/mol. The number of carbonyl (C=O) groups excluding carboxylic acids is 1. The molecule has 1 amide bonds. The van der Waals surface area contributed by atoms with Gasteiger partial charge in [-0.2, -0.15) is 0 Å². The first-order valence-corrected chi connectivity index (χ1v) is 6.80. The summed E-state index contributed by atoms with van der Waals surface area (Å²) in [6, 6.07) is 7.61. The average molecular weight is 263 g/mol. The second kappa shape index (κ2) is 6.45. The van der Waals surface area contributed by atoms with Gasteiger partial charge in [0.15, 0.2) is 11.5 Å². The van der Waals surface area contributed by atoms with Gasteiger partial charge in [-0.1, -0.05) is 26.0 Å². The van der Waals surface area contributed by atoms with Crippen molar-refractivity contribution in [2.24, 2.45) is 5.92 Å². The van der Waals surface area contributed by atoms with Crippen LogP contribution in [0.15, 0.2) is 24.3 Å². The molecule has 4 nitrogen and oxygen atoms in total. The Morgan fingerprint density at radius 1 is 1.37 bits per heavy atom. The third-order valence-corrected chi connectivity index (χ3v) is 2.97. The summed E-state index contributed by atoms with van der Waals surface area (Å²) in [5.41, 5.74) is 0. The zero-order chi connectivity index (χ0) is 13.7. The zero-order valence-corrected chi connectivity index (χ0v) is 11.5. The number of hydrogen-bond donors (Lipinski definition) is 1. The highest BCUT2D eigenvalue weighted by atomic mass is 16.6. The number of fused-ring (bicyclic) bond motifs is 1. The van der Waals surface area contributed by atoms with Crippen molar-refractivity contribution in [3.8, 4) is 11.5 Å². The Hall–Kier alpha value is -1.71. The van der Waals surface area contributed by atoms with E-state index < -0.39 is 0 Å². The molecule has 1 N–H and O–H groups in total. The fourth-order valence-electron chi connectivity index (χ4n) is 1.90. The number of ether oxygens (including phenoxy) is 2. The summed E-state index contributed by atoms with van der Waals surface area (Å²) in [4.78, 5) is 11.6. The van der Waals surface area contributed by atoms with E-state index in [1.807, 2.05) is 24.3 Å². The van der Waals surface area contributed by atoms with Crippen LogP contribution in [0.25, 0.3) is 0 Å². The van der Waals surface area contributed by atoms with Crippen LogP contribution in [0.4, 0.5) is 0 Å². The molecule has 2 rings (SSSR count). The molecule has 0 spiro atoms. The van der Waals surface area contributed by atoms with Gasteiger partial charge in [0.05, 0.1) is 0 Å². The van der Waals surface area contributed by atoms with Crippen LogP contribution in [-0.4, -0.2) is 25.2 Å². The lowest BCUT2D eigenvalue weighted by atomic mass is 10.1. The molecule has 1 unspecified atom stereocenters. The molecule has 1 atom stereocenters. The molecule has 4 heteroatoms. The molecule has 1 aromatic carbocycles. The number of amides is 1. The van der Waals surface area contributed by atoms with Crippen molar-refractivity contribution in [2.75, 3.05) is 13.2 Å². The molecule has 0 saturated heterocycles. The SMILES string of the molecule is CC(C)CNC(=O)CCC1COc2ccccc2O1. The van der Waals surface area contributed by atoms with Gasteiger partial charge < -0.3 is 14.8 Å². The molecule has 0 radical (unpaired) electrons. The van der Waals surface area contributed by atoms with E-state index in [1.165, 1.54) is 0 Å². The summed E-state index contributed by atoms with van der Waals surface area (Å²) in [6.45, 7) is 5.39. The molecule has 0 bridgehead atoms. The summed E-state index contributed by atoms with van der Waals surface area (Å²) in [5.74, 6) is 2.10. The number of para-hydroxylation sites is 2. The molecule has 0 aromatic heterocycles. The van der Waals surface area contributed by atoms with Crippen LogP contribution in [0, 0.1) is 5.92 Å². The van der Waals surface area contributed by atoms with Gasteiger partial charge in [0.2, 0.25) is 5.91 Å². The van der Waals surface area contributed by atoms with Gasteiger partial charge >= 0.3 is 0 Å². The van der Waals surface area contributed by atoms with Crippen molar-refractivity contribution in [1.82, 2.24) is 5.32 Å². The predicted octanol–water partition coefficient (Wildman–Crippen LogP) is 2.38. The third-order valence-electron chi connectivity index (χ3n) is 2.97. The molecule has 0 fully saturated rings. The van der Waals surface area contributed by atoms with Gasteiger partial charge in [0, 0.05) is 13.0 Å². The Balaban J connectivity index is 1.75. The molecule has 0 saturated carbocycles. The fourth-order valence-corrected chi connectivity index (χ4v) is 1.90. The van der Waals surface area contributed by atoms with Crippen molar-refractivity contribution in [3.63, 3.8) is 0 Å². The topological polar surface area (TPSA) is 47.6 Å². The Morgan fingerprint density at radius 2 is 2.11 bits per heavy atom. The van der Waals surface area contributed by atoms with Gasteiger partial charge in [-0.25, -0.2) is 0 Å². The van der Waals surface area contributed by atoms with E-state index in [2.05, 4.69) is 19.2 Å². The summed E-state index contributed by atoms with van der Waals surface area (Å²) < 4.78 is 11.4. The highest BCUT2D eigenvalue weighted by molar-refractivity contribution is 5.75. The Kier molecular flexibility index (Phi) is 4.66. The smallest absolute Gasteiger partial charge is 0.220 e. The van der Waals surface area contributed by atoms with Crippen LogP contribution < -0.4 is 14.8 Å². The number of hydrogen-bond acceptors (Lipinski definition) is 3. The van der Waals surface area contributed by atoms with Crippen LogP contribution in [0.1, 0.15) is 26.7 Å². The first-order valence-electron chi connectivity index (χ1n) is 6.80. The molecule has 1 aliphatic rings. The predicted molar refractivity (Wildman–Crippen MR) is 73.4 cm³/mol. The summed E-state index contributed by atoms with van der Waals surface area (Å²) in [7, 11) is 0. The summed E-state index contributed by atoms with van der Waals surface area (Å²) in [6.07, 6.45) is 1.11. The molecular formula is C15H21NO3. The zero-order valence-electron chi connectivity index (χ0n) is 11.5. The van der Waals surface area contributed by atoms with Gasteiger partial charge in [-0.05, 0) is 24.5 Å². The largest absolute Gasteiger partial charge is 0.486 e. The van der Waals surface area contributed by atoms with E-state index in [4.69, 9.17) is 9.47 Å². The van der Waals surface area contributed by atoms with Gasteiger partial charge in [0.25, 0.3) is 0 Å². The van der Waals surface area contributed by atoms with Crippen molar-refractivity contribution in [2.45, 2.75) is 32.8 Å². The maximum absolute atomic E-state index is 11.6. The van der Waals surface area contributed by atoms with E-state index in [0.717, 1.165) is 18.0 Å². The average Bonchev–Trinajstić information content (AvgIpc) is 2.42. The Labute approximate surface area is 114 Å². The maximum Gasteiger partial charge on any atom is 0.220 e. The number of nitrogens with one attached hydrogen (secondary N) is 1. The monoisotopic (exact) mass is 263 g/mol. The Morgan fingerprint density at radius 3 is 2.84 bits per heavy atom. The maximum atomic E-state index is 11.6. The van der Waals surface area contributed by atoms with Crippen molar-refractivity contribution in [3.05, 3.63) is 24.3 Å². The van der Waals surface area contributed by atoms with Gasteiger partial charge in [0.1, 0.15) is 12.7 Å². The Bertz CT molecular complexity index is 431. The molecule has 1 aromatic rings. The second-order valence-electron chi connectivity index (χ2n) is 5.23. The van der Waals surface area contributed by atoms with E-state index in [9.17, 15) is 4.79 Å². The molecule has 1 heterocycles. The van der Waals surface area contributed by atoms with Crippen LogP contribution in [0.3, 0.4) is 0 Å². The third kappa shape index (κ3) is 4.16. The first kappa shape index (κ1) is 13.7. The summed E-state index contributed by atoms with van der Waals surface area (Å²) in [5, 5.41) is 2.91. The number of rotatable bonds is 5. The van der Waals surface area contributed by atoms with Crippen molar-refractivity contribution in [1.29, 1.82) is 0 Å². The van der Waals surface area contributed by atoms with E-state index in [1.54, 1.807) is 0 Å². The van der Waals surface area contributed by atoms with Crippen LogP contribution in [-0.2, 0) is 4.79 Å². The first-order chi connectivity index (χ1) is 9.15. The quantitative estimate of drug-likeness (QED) is 0.887. The highest BCUT2D eigenvalue weighted by Gasteiger charge is 2.21. The number of carbonyl (C=O) groups is 1. The lowest BCUT2D eigenvalue weighted by molar-refractivity contribution is -0.121. The second-order valence-corrected chi connectivity index (χ2v) is 5.23. The van der Waals surface area contributed by atoms with Crippen LogP contribution in [0.5, 0.6) is 11.5 Å². The molecule has 0 aliphatic carbocycles.